The van der Waals surface area contributed by atoms with Crippen molar-refractivity contribution in [1.29, 1.82) is 0 Å². The first-order chi connectivity index (χ1) is 9.13. The normalized spacial score (nSPS) is 10.1. The van der Waals surface area contributed by atoms with Gasteiger partial charge >= 0.3 is 0 Å². The van der Waals surface area contributed by atoms with Crippen molar-refractivity contribution in [1.82, 2.24) is 5.32 Å². The zero-order chi connectivity index (χ0) is 14.3. The van der Waals surface area contributed by atoms with Gasteiger partial charge in [0.25, 0.3) is 5.91 Å². The Kier molecular flexibility index (Phi) is 6.50. The molecule has 0 fully saturated rings. The summed E-state index contributed by atoms with van der Waals surface area (Å²) in [5, 5.41) is 3.19. The monoisotopic (exact) mass is 285 g/mol. The molecule has 0 aromatic heterocycles. The highest BCUT2D eigenvalue weighted by Gasteiger charge is 2.15. The van der Waals surface area contributed by atoms with Crippen LogP contribution in [-0.2, 0) is 0 Å². The minimum absolute atomic E-state index is 0.159. The summed E-state index contributed by atoms with van der Waals surface area (Å²) < 4.78 is 10.9. The van der Waals surface area contributed by atoms with E-state index in [1.807, 2.05) is 20.8 Å². The molecule has 0 spiro atoms. The Morgan fingerprint density at radius 2 is 1.89 bits per heavy atom. The number of nitrogens with one attached hydrogen (secondary N) is 1. The molecule has 0 unspecified atom stereocenters. The third-order valence-electron chi connectivity index (χ3n) is 2.40. The van der Waals surface area contributed by atoms with Gasteiger partial charge in [0, 0.05) is 12.1 Å². The second-order valence-corrected chi connectivity index (χ2v) is 4.31. The van der Waals surface area contributed by atoms with Crippen LogP contribution in [0.15, 0.2) is 12.1 Å². The minimum atomic E-state index is -0.159. The van der Waals surface area contributed by atoms with Gasteiger partial charge in [0.05, 0.1) is 18.2 Å². The smallest absolute Gasteiger partial charge is 0.251 e. The summed E-state index contributed by atoms with van der Waals surface area (Å²) in [5.41, 5.74) is 0.477. The van der Waals surface area contributed by atoms with Crippen LogP contribution in [0.5, 0.6) is 11.5 Å². The number of halogens is 1. The van der Waals surface area contributed by atoms with Gasteiger partial charge in [-0.15, -0.1) is 0 Å². The number of benzene rings is 1. The first-order valence-corrected chi connectivity index (χ1v) is 6.89. The predicted octanol–water partition coefficient (Wildman–Crippen LogP) is 3.28. The highest BCUT2D eigenvalue weighted by Crippen LogP contribution is 2.36. The Morgan fingerprint density at radius 3 is 2.47 bits per heavy atom. The Balaban J connectivity index is 3.05. The fourth-order valence-corrected chi connectivity index (χ4v) is 1.85. The number of hydrogen-bond acceptors (Lipinski definition) is 3. The van der Waals surface area contributed by atoms with Crippen LogP contribution in [0.1, 0.15) is 37.6 Å². The van der Waals surface area contributed by atoms with Crippen molar-refractivity contribution >= 4 is 17.5 Å². The van der Waals surface area contributed by atoms with E-state index < -0.39 is 0 Å². The van der Waals surface area contributed by atoms with E-state index in [1.165, 1.54) is 0 Å². The Morgan fingerprint density at radius 1 is 1.21 bits per heavy atom. The largest absolute Gasteiger partial charge is 0.490 e. The van der Waals surface area contributed by atoms with Crippen molar-refractivity contribution in [3.8, 4) is 11.5 Å². The van der Waals surface area contributed by atoms with Gasteiger partial charge in [0.1, 0.15) is 0 Å². The molecule has 0 atom stereocenters. The molecule has 19 heavy (non-hydrogen) atoms. The summed E-state index contributed by atoms with van der Waals surface area (Å²) in [4.78, 5) is 11.9. The van der Waals surface area contributed by atoms with Crippen molar-refractivity contribution < 1.29 is 14.3 Å². The Hall–Kier alpha value is -1.42. The molecule has 0 saturated heterocycles. The standard InChI is InChI=1S/C14H20ClNO3/c1-4-7-16-14(17)10-8-11(15)13(19-6-3)12(9-10)18-5-2/h8-9H,4-7H2,1-3H3,(H,16,17). The van der Waals surface area contributed by atoms with Gasteiger partial charge in [-0.2, -0.15) is 0 Å². The molecule has 0 radical (unpaired) electrons. The molecule has 1 amide bonds. The molecule has 106 valence electrons. The highest BCUT2D eigenvalue weighted by molar-refractivity contribution is 6.32. The quantitative estimate of drug-likeness (QED) is 0.836. The Labute approximate surface area is 119 Å². The Bertz CT molecular complexity index is 435. The molecular weight excluding hydrogens is 266 g/mol. The van der Waals surface area contributed by atoms with Gasteiger partial charge in [-0.3, -0.25) is 4.79 Å². The van der Waals surface area contributed by atoms with Crippen LogP contribution in [0.25, 0.3) is 0 Å². The van der Waals surface area contributed by atoms with E-state index in [0.29, 0.717) is 41.8 Å². The van der Waals surface area contributed by atoms with Crippen molar-refractivity contribution in [2.75, 3.05) is 19.8 Å². The summed E-state index contributed by atoms with van der Waals surface area (Å²) in [7, 11) is 0. The summed E-state index contributed by atoms with van der Waals surface area (Å²) in [6.45, 7) is 7.34. The molecule has 0 aliphatic carbocycles. The first kappa shape index (κ1) is 15.6. The fraction of sp³-hybridized carbons (Fsp3) is 0.500. The highest BCUT2D eigenvalue weighted by atomic mass is 35.5. The van der Waals surface area contributed by atoms with Crippen molar-refractivity contribution in [2.24, 2.45) is 0 Å². The molecular formula is C14H20ClNO3. The van der Waals surface area contributed by atoms with E-state index in [2.05, 4.69) is 5.32 Å². The molecule has 5 heteroatoms. The zero-order valence-corrected chi connectivity index (χ0v) is 12.3. The van der Waals surface area contributed by atoms with Gasteiger partial charge < -0.3 is 14.8 Å². The average molecular weight is 286 g/mol. The summed E-state index contributed by atoms with van der Waals surface area (Å²) in [6, 6.07) is 3.26. The molecule has 1 rings (SSSR count). The number of amides is 1. The molecule has 0 aliphatic rings. The van der Waals surface area contributed by atoms with E-state index >= 15 is 0 Å². The van der Waals surface area contributed by atoms with E-state index in [-0.39, 0.29) is 5.91 Å². The van der Waals surface area contributed by atoms with Crippen LogP contribution in [-0.4, -0.2) is 25.7 Å². The lowest BCUT2D eigenvalue weighted by Gasteiger charge is -2.14. The van der Waals surface area contributed by atoms with Gasteiger partial charge in [-0.1, -0.05) is 18.5 Å². The lowest BCUT2D eigenvalue weighted by molar-refractivity contribution is 0.0953. The van der Waals surface area contributed by atoms with Gasteiger partial charge in [-0.25, -0.2) is 0 Å². The van der Waals surface area contributed by atoms with E-state index in [4.69, 9.17) is 21.1 Å². The van der Waals surface area contributed by atoms with Crippen LogP contribution in [0.3, 0.4) is 0 Å². The fourth-order valence-electron chi connectivity index (χ4n) is 1.59. The third-order valence-corrected chi connectivity index (χ3v) is 2.68. The van der Waals surface area contributed by atoms with Crippen molar-refractivity contribution in [3.63, 3.8) is 0 Å². The molecule has 1 aromatic carbocycles. The maximum absolute atomic E-state index is 11.9. The molecule has 4 nitrogen and oxygen atoms in total. The predicted molar refractivity (Wildman–Crippen MR) is 76.4 cm³/mol. The average Bonchev–Trinajstić information content (AvgIpc) is 2.39. The topological polar surface area (TPSA) is 47.6 Å². The van der Waals surface area contributed by atoms with Gasteiger partial charge in [-0.05, 0) is 32.4 Å². The number of ether oxygens (including phenoxy) is 2. The summed E-state index contributed by atoms with van der Waals surface area (Å²) >= 11 is 6.14. The van der Waals surface area contributed by atoms with E-state index in [0.717, 1.165) is 6.42 Å². The van der Waals surface area contributed by atoms with Crippen molar-refractivity contribution in [3.05, 3.63) is 22.7 Å². The lowest BCUT2D eigenvalue weighted by atomic mass is 10.2. The number of carbonyl (C=O) groups excluding carboxylic acids is 1. The SMILES string of the molecule is CCCNC(=O)c1cc(Cl)c(OCC)c(OCC)c1. The third kappa shape index (κ3) is 4.31. The van der Waals surface area contributed by atoms with Crippen LogP contribution >= 0.6 is 11.6 Å². The van der Waals surface area contributed by atoms with E-state index in [9.17, 15) is 4.79 Å². The van der Waals surface area contributed by atoms with Crippen LogP contribution in [0.4, 0.5) is 0 Å². The molecule has 0 bridgehead atoms. The van der Waals surface area contributed by atoms with Crippen molar-refractivity contribution in [2.45, 2.75) is 27.2 Å². The maximum atomic E-state index is 11.9. The summed E-state index contributed by atoms with van der Waals surface area (Å²) in [6.07, 6.45) is 0.884. The zero-order valence-electron chi connectivity index (χ0n) is 11.6. The second kappa shape index (κ2) is 7.89. The van der Waals surface area contributed by atoms with Gasteiger partial charge in [0.2, 0.25) is 0 Å². The van der Waals surface area contributed by atoms with Crippen LogP contribution in [0.2, 0.25) is 5.02 Å². The minimum Gasteiger partial charge on any atom is -0.490 e. The van der Waals surface area contributed by atoms with Crippen LogP contribution < -0.4 is 14.8 Å². The molecule has 1 aromatic rings. The molecule has 0 heterocycles. The van der Waals surface area contributed by atoms with Crippen LogP contribution in [0, 0.1) is 0 Å². The second-order valence-electron chi connectivity index (χ2n) is 3.91. The number of rotatable bonds is 7. The molecule has 0 saturated carbocycles. The number of hydrogen-bond donors (Lipinski definition) is 1. The lowest BCUT2D eigenvalue weighted by Crippen LogP contribution is -2.24. The summed E-state index contributed by atoms with van der Waals surface area (Å²) in [5.74, 6) is 0.823. The van der Waals surface area contributed by atoms with E-state index in [1.54, 1.807) is 12.1 Å². The molecule has 1 N–H and O–H groups in total. The van der Waals surface area contributed by atoms with Gasteiger partial charge in [0.15, 0.2) is 11.5 Å². The first-order valence-electron chi connectivity index (χ1n) is 6.51. The number of carbonyl (C=O) groups is 1. The maximum Gasteiger partial charge on any atom is 0.251 e. The molecule has 0 aliphatic heterocycles.